The Morgan fingerprint density at radius 2 is 1.86 bits per heavy atom. The van der Waals surface area contributed by atoms with Gasteiger partial charge in [-0.05, 0) is 44.8 Å². The van der Waals surface area contributed by atoms with Crippen LogP contribution in [0.1, 0.15) is 16.8 Å². The van der Waals surface area contributed by atoms with Crippen LogP contribution in [0.25, 0.3) is 11.3 Å². The molecule has 0 aliphatic heterocycles. The number of carbonyl (C=O) groups is 1. The predicted molar refractivity (Wildman–Crippen MR) is 88.0 cm³/mol. The standard InChI is InChI=1S/C17H21N3O2/c1-20(2)12-6-11-18-16(21)14-9-10-15(19-17(14)22)13-7-4-3-5-8-13/h3-5,7-10H,6,11-12H2,1-2H3,(H,18,21)(H,19,22). The van der Waals surface area contributed by atoms with Crippen LogP contribution < -0.4 is 10.9 Å². The van der Waals surface area contributed by atoms with E-state index in [-0.39, 0.29) is 17.0 Å². The number of nitrogens with zero attached hydrogens (tertiary/aromatic N) is 1. The number of carbonyl (C=O) groups excluding carboxylic acids is 1. The van der Waals surface area contributed by atoms with E-state index in [1.54, 1.807) is 12.1 Å². The van der Waals surface area contributed by atoms with Gasteiger partial charge in [0.2, 0.25) is 0 Å². The van der Waals surface area contributed by atoms with Gasteiger partial charge in [0.05, 0.1) is 0 Å². The Morgan fingerprint density at radius 1 is 1.14 bits per heavy atom. The number of H-pyrrole nitrogens is 1. The third kappa shape index (κ3) is 4.30. The lowest BCUT2D eigenvalue weighted by atomic mass is 10.1. The summed E-state index contributed by atoms with van der Waals surface area (Å²) in [6, 6.07) is 12.9. The van der Waals surface area contributed by atoms with Crippen LogP contribution in [-0.2, 0) is 0 Å². The molecule has 116 valence electrons. The van der Waals surface area contributed by atoms with Crippen molar-refractivity contribution >= 4 is 5.91 Å². The molecule has 1 amide bonds. The zero-order valence-electron chi connectivity index (χ0n) is 12.9. The van der Waals surface area contributed by atoms with Crippen molar-refractivity contribution in [3.8, 4) is 11.3 Å². The van der Waals surface area contributed by atoms with Crippen LogP contribution >= 0.6 is 0 Å². The number of aromatic nitrogens is 1. The minimum absolute atomic E-state index is 0.143. The number of hydrogen-bond donors (Lipinski definition) is 2. The second kappa shape index (κ2) is 7.56. The van der Waals surface area contributed by atoms with Gasteiger partial charge in [0, 0.05) is 12.2 Å². The Labute approximate surface area is 130 Å². The SMILES string of the molecule is CN(C)CCCNC(=O)c1ccc(-c2ccccc2)[nH]c1=O. The molecular formula is C17H21N3O2. The smallest absolute Gasteiger partial charge is 0.261 e. The van der Waals surface area contributed by atoms with Gasteiger partial charge in [-0.3, -0.25) is 9.59 Å². The minimum Gasteiger partial charge on any atom is -0.352 e. The molecule has 1 heterocycles. The highest BCUT2D eigenvalue weighted by atomic mass is 16.2. The Hall–Kier alpha value is -2.40. The first-order chi connectivity index (χ1) is 10.6. The number of pyridine rings is 1. The van der Waals surface area contributed by atoms with Gasteiger partial charge in [-0.25, -0.2) is 0 Å². The maximum atomic E-state index is 12.1. The summed E-state index contributed by atoms with van der Waals surface area (Å²) < 4.78 is 0. The van der Waals surface area contributed by atoms with E-state index in [1.165, 1.54) is 0 Å². The van der Waals surface area contributed by atoms with Crippen molar-refractivity contribution in [2.24, 2.45) is 0 Å². The monoisotopic (exact) mass is 299 g/mol. The molecule has 0 aliphatic rings. The average Bonchev–Trinajstić information content (AvgIpc) is 2.52. The van der Waals surface area contributed by atoms with E-state index in [9.17, 15) is 9.59 Å². The minimum atomic E-state index is -0.369. The number of nitrogens with one attached hydrogen (secondary N) is 2. The first kappa shape index (κ1) is 16.0. The molecule has 0 unspecified atom stereocenters. The summed E-state index contributed by atoms with van der Waals surface area (Å²) >= 11 is 0. The second-order valence-corrected chi connectivity index (χ2v) is 5.39. The van der Waals surface area contributed by atoms with Crippen molar-refractivity contribution in [1.82, 2.24) is 15.2 Å². The largest absolute Gasteiger partial charge is 0.352 e. The lowest BCUT2D eigenvalue weighted by Crippen LogP contribution is -2.31. The number of rotatable bonds is 6. The normalized spacial score (nSPS) is 10.7. The van der Waals surface area contributed by atoms with E-state index in [0.717, 1.165) is 18.5 Å². The van der Waals surface area contributed by atoms with Crippen LogP contribution in [-0.4, -0.2) is 43.0 Å². The molecule has 1 aromatic carbocycles. The van der Waals surface area contributed by atoms with Crippen molar-refractivity contribution in [2.75, 3.05) is 27.2 Å². The quantitative estimate of drug-likeness (QED) is 0.798. The van der Waals surface area contributed by atoms with Gasteiger partial charge in [0.1, 0.15) is 5.56 Å². The molecule has 0 saturated heterocycles. The van der Waals surface area contributed by atoms with Crippen LogP contribution in [0.4, 0.5) is 0 Å². The molecule has 0 radical (unpaired) electrons. The van der Waals surface area contributed by atoms with Gasteiger partial charge in [-0.2, -0.15) is 0 Å². The first-order valence-corrected chi connectivity index (χ1v) is 7.29. The fourth-order valence-corrected chi connectivity index (χ4v) is 2.13. The Kier molecular flexibility index (Phi) is 5.49. The van der Waals surface area contributed by atoms with E-state index in [1.807, 2.05) is 49.3 Å². The lowest BCUT2D eigenvalue weighted by Gasteiger charge is -2.10. The van der Waals surface area contributed by atoms with Crippen molar-refractivity contribution < 1.29 is 4.79 Å². The first-order valence-electron chi connectivity index (χ1n) is 7.29. The molecule has 0 bridgehead atoms. The molecule has 5 nitrogen and oxygen atoms in total. The highest BCUT2D eigenvalue weighted by Crippen LogP contribution is 2.14. The third-order valence-corrected chi connectivity index (χ3v) is 3.31. The molecule has 1 aromatic heterocycles. The Balaban J connectivity index is 2.04. The highest BCUT2D eigenvalue weighted by molar-refractivity contribution is 5.94. The van der Waals surface area contributed by atoms with E-state index in [0.29, 0.717) is 12.2 Å². The third-order valence-electron chi connectivity index (χ3n) is 3.31. The average molecular weight is 299 g/mol. The van der Waals surface area contributed by atoms with E-state index >= 15 is 0 Å². The molecule has 0 aliphatic carbocycles. The van der Waals surface area contributed by atoms with Crippen LogP contribution in [0.15, 0.2) is 47.3 Å². The topological polar surface area (TPSA) is 65.2 Å². The van der Waals surface area contributed by atoms with Gasteiger partial charge >= 0.3 is 0 Å². The van der Waals surface area contributed by atoms with Crippen molar-refractivity contribution in [2.45, 2.75) is 6.42 Å². The van der Waals surface area contributed by atoms with Crippen LogP contribution in [0.5, 0.6) is 0 Å². The molecule has 0 atom stereocenters. The van der Waals surface area contributed by atoms with Gasteiger partial charge in [0.25, 0.3) is 11.5 Å². The van der Waals surface area contributed by atoms with Crippen LogP contribution in [0.3, 0.4) is 0 Å². The molecule has 0 saturated carbocycles. The fraction of sp³-hybridized carbons (Fsp3) is 0.294. The fourth-order valence-electron chi connectivity index (χ4n) is 2.13. The maximum absolute atomic E-state index is 12.1. The number of amides is 1. The highest BCUT2D eigenvalue weighted by Gasteiger charge is 2.10. The summed E-state index contributed by atoms with van der Waals surface area (Å²) in [5, 5.41) is 2.77. The van der Waals surface area contributed by atoms with Gasteiger partial charge < -0.3 is 15.2 Å². The summed E-state index contributed by atoms with van der Waals surface area (Å²) in [5.74, 6) is -0.334. The van der Waals surface area contributed by atoms with Crippen LogP contribution in [0.2, 0.25) is 0 Å². The van der Waals surface area contributed by atoms with Gasteiger partial charge in [0.15, 0.2) is 0 Å². The number of hydrogen-bond acceptors (Lipinski definition) is 3. The summed E-state index contributed by atoms with van der Waals surface area (Å²) in [7, 11) is 3.96. The Morgan fingerprint density at radius 3 is 2.50 bits per heavy atom. The van der Waals surface area contributed by atoms with E-state index in [4.69, 9.17) is 0 Å². The molecule has 2 N–H and O–H groups in total. The summed E-state index contributed by atoms with van der Waals surface area (Å²) in [5.41, 5.74) is 1.39. The molecule has 0 fully saturated rings. The molecule has 0 spiro atoms. The van der Waals surface area contributed by atoms with E-state index in [2.05, 4.69) is 10.3 Å². The zero-order valence-corrected chi connectivity index (χ0v) is 12.9. The molecule has 2 aromatic rings. The number of benzene rings is 1. The molecule has 2 rings (SSSR count). The molecular weight excluding hydrogens is 278 g/mol. The van der Waals surface area contributed by atoms with Gasteiger partial charge in [-0.15, -0.1) is 0 Å². The summed E-state index contributed by atoms with van der Waals surface area (Å²) in [4.78, 5) is 28.9. The van der Waals surface area contributed by atoms with Gasteiger partial charge in [-0.1, -0.05) is 30.3 Å². The molecule has 5 heteroatoms. The summed E-state index contributed by atoms with van der Waals surface area (Å²) in [6.07, 6.45) is 0.846. The summed E-state index contributed by atoms with van der Waals surface area (Å²) in [6.45, 7) is 1.44. The molecule has 22 heavy (non-hydrogen) atoms. The second-order valence-electron chi connectivity index (χ2n) is 5.39. The van der Waals surface area contributed by atoms with Crippen molar-refractivity contribution in [3.05, 3.63) is 58.4 Å². The van der Waals surface area contributed by atoms with E-state index < -0.39 is 0 Å². The van der Waals surface area contributed by atoms with Crippen LogP contribution in [0, 0.1) is 0 Å². The maximum Gasteiger partial charge on any atom is 0.261 e. The van der Waals surface area contributed by atoms with Crippen molar-refractivity contribution in [3.63, 3.8) is 0 Å². The zero-order chi connectivity index (χ0) is 15.9. The lowest BCUT2D eigenvalue weighted by molar-refractivity contribution is 0.0951. The van der Waals surface area contributed by atoms with Crippen molar-refractivity contribution in [1.29, 1.82) is 0 Å². The Bertz CT molecular complexity index is 678. The number of aromatic amines is 1. The predicted octanol–water partition coefficient (Wildman–Crippen LogP) is 1.72.